The third-order valence-electron chi connectivity index (χ3n) is 2.76. The van der Waals surface area contributed by atoms with Gasteiger partial charge in [-0.3, -0.25) is 4.79 Å². The van der Waals surface area contributed by atoms with Crippen molar-refractivity contribution in [1.29, 1.82) is 0 Å². The predicted octanol–water partition coefficient (Wildman–Crippen LogP) is 1.87. The van der Waals surface area contributed by atoms with Crippen molar-refractivity contribution in [3.63, 3.8) is 0 Å². The van der Waals surface area contributed by atoms with Crippen molar-refractivity contribution in [2.75, 3.05) is 20.2 Å². The lowest BCUT2D eigenvalue weighted by atomic mass is 10.1. The van der Waals surface area contributed by atoms with Crippen molar-refractivity contribution in [1.82, 2.24) is 10.6 Å². The second kappa shape index (κ2) is 7.71. The van der Waals surface area contributed by atoms with Crippen LogP contribution < -0.4 is 15.4 Å². The maximum Gasteiger partial charge on any atom is 0.257 e. The first-order valence-corrected chi connectivity index (χ1v) is 6.34. The van der Waals surface area contributed by atoms with E-state index in [1.165, 1.54) is 5.56 Å². The van der Waals surface area contributed by atoms with Gasteiger partial charge < -0.3 is 15.4 Å². The fourth-order valence-corrected chi connectivity index (χ4v) is 1.48. The zero-order chi connectivity index (χ0) is 13.4. The minimum Gasteiger partial charge on any atom is -0.484 e. The summed E-state index contributed by atoms with van der Waals surface area (Å²) in [7, 11) is 1.92. The van der Waals surface area contributed by atoms with E-state index in [1.807, 2.05) is 38.2 Å². The summed E-state index contributed by atoms with van der Waals surface area (Å²) in [6.07, 6.45) is 0.933. The Bertz CT molecular complexity index is 363. The number of benzene rings is 1. The molecule has 0 aromatic heterocycles. The van der Waals surface area contributed by atoms with Crippen LogP contribution in [0.5, 0.6) is 5.75 Å². The average molecular weight is 250 g/mol. The Labute approximate surface area is 109 Å². The lowest BCUT2D eigenvalue weighted by Gasteiger charge is -2.11. The SMILES string of the molecule is CCCNC(=O)COc1ccc(C(C)NC)cc1. The summed E-state index contributed by atoms with van der Waals surface area (Å²) in [4.78, 5) is 11.4. The lowest BCUT2D eigenvalue weighted by molar-refractivity contribution is -0.123. The Morgan fingerprint density at radius 1 is 1.33 bits per heavy atom. The maximum atomic E-state index is 11.4. The number of amides is 1. The fourth-order valence-electron chi connectivity index (χ4n) is 1.48. The van der Waals surface area contributed by atoms with E-state index in [2.05, 4.69) is 17.6 Å². The van der Waals surface area contributed by atoms with E-state index in [0.717, 1.165) is 6.42 Å². The standard InChI is InChI=1S/C14H22N2O2/c1-4-9-16-14(17)10-18-13-7-5-12(6-8-13)11(2)15-3/h5-8,11,15H,4,9-10H2,1-3H3,(H,16,17). The van der Waals surface area contributed by atoms with Crippen molar-refractivity contribution >= 4 is 5.91 Å². The summed E-state index contributed by atoms with van der Waals surface area (Å²) in [5.74, 6) is 0.637. The number of hydrogen-bond donors (Lipinski definition) is 2. The van der Waals surface area contributed by atoms with Gasteiger partial charge in [-0.25, -0.2) is 0 Å². The van der Waals surface area contributed by atoms with Crippen LogP contribution in [0.4, 0.5) is 0 Å². The largest absolute Gasteiger partial charge is 0.484 e. The molecule has 0 spiro atoms. The topological polar surface area (TPSA) is 50.4 Å². The number of carbonyl (C=O) groups excluding carboxylic acids is 1. The van der Waals surface area contributed by atoms with E-state index in [0.29, 0.717) is 18.3 Å². The molecule has 0 aliphatic carbocycles. The quantitative estimate of drug-likeness (QED) is 0.776. The van der Waals surface area contributed by atoms with E-state index in [-0.39, 0.29) is 12.5 Å². The highest BCUT2D eigenvalue weighted by atomic mass is 16.5. The van der Waals surface area contributed by atoms with E-state index in [9.17, 15) is 4.79 Å². The van der Waals surface area contributed by atoms with E-state index >= 15 is 0 Å². The molecule has 0 aliphatic rings. The maximum absolute atomic E-state index is 11.4. The predicted molar refractivity (Wildman–Crippen MR) is 72.7 cm³/mol. The molecular formula is C14H22N2O2. The van der Waals surface area contributed by atoms with Crippen LogP contribution in [-0.2, 0) is 4.79 Å². The minimum atomic E-state index is -0.0791. The second-order valence-corrected chi connectivity index (χ2v) is 4.22. The molecule has 1 amide bonds. The summed E-state index contributed by atoms with van der Waals surface area (Å²) in [6, 6.07) is 8.08. The third-order valence-corrected chi connectivity index (χ3v) is 2.76. The number of carbonyl (C=O) groups is 1. The average Bonchev–Trinajstić information content (AvgIpc) is 2.42. The van der Waals surface area contributed by atoms with Gasteiger partial charge in [0.15, 0.2) is 6.61 Å². The van der Waals surface area contributed by atoms with Crippen LogP contribution >= 0.6 is 0 Å². The monoisotopic (exact) mass is 250 g/mol. The Hall–Kier alpha value is -1.55. The van der Waals surface area contributed by atoms with Gasteiger partial charge in [-0.2, -0.15) is 0 Å². The Morgan fingerprint density at radius 3 is 2.56 bits per heavy atom. The molecule has 0 saturated carbocycles. The molecule has 0 bridgehead atoms. The molecule has 18 heavy (non-hydrogen) atoms. The zero-order valence-electron chi connectivity index (χ0n) is 11.3. The van der Waals surface area contributed by atoms with Crippen LogP contribution in [-0.4, -0.2) is 26.1 Å². The number of ether oxygens (including phenoxy) is 1. The van der Waals surface area contributed by atoms with Crippen molar-refractivity contribution in [3.05, 3.63) is 29.8 Å². The smallest absolute Gasteiger partial charge is 0.257 e. The van der Waals surface area contributed by atoms with Crippen LogP contribution in [0.2, 0.25) is 0 Å². The lowest BCUT2D eigenvalue weighted by Crippen LogP contribution is -2.29. The van der Waals surface area contributed by atoms with Crippen LogP contribution in [0, 0.1) is 0 Å². The van der Waals surface area contributed by atoms with Crippen molar-refractivity contribution < 1.29 is 9.53 Å². The molecule has 2 N–H and O–H groups in total. The first kappa shape index (κ1) is 14.5. The van der Waals surface area contributed by atoms with Gasteiger partial charge in [-0.05, 0) is 38.1 Å². The molecule has 4 heteroatoms. The Balaban J connectivity index is 2.41. The van der Waals surface area contributed by atoms with Gasteiger partial charge in [0, 0.05) is 12.6 Å². The second-order valence-electron chi connectivity index (χ2n) is 4.22. The first-order valence-electron chi connectivity index (χ1n) is 6.34. The highest BCUT2D eigenvalue weighted by Gasteiger charge is 2.04. The molecule has 0 radical (unpaired) electrons. The molecule has 1 unspecified atom stereocenters. The van der Waals surface area contributed by atoms with Gasteiger partial charge in [-0.15, -0.1) is 0 Å². The minimum absolute atomic E-state index is 0.0704. The molecule has 0 saturated heterocycles. The number of hydrogen-bond acceptors (Lipinski definition) is 3. The van der Waals surface area contributed by atoms with Gasteiger partial charge >= 0.3 is 0 Å². The number of rotatable bonds is 7. The van der Waals surface area contributed by atoms with Crippen LogP contribution in [0.15, 0.2) is 24.3 Å². The molecule has 0 heterocycles. The van der Waals surface area contributed by atoms with Crippen molar-refractivity contribution in [2.45, 2.75) is 26.3 Å². The summed E-state index contributed by atoms with van der Waals surface area (Å²) < 4.78 is 5.40. The van der Waals surface area contributed by atoms with E-state index in [4.69, 9.17) is 4.74 Å². The molecule has 100 valence electrons. The zero-order valence-corrected chi connectivity index (χ0v) is 11.3. The van der Waals surface area contributed by atoms with Gasteiger partial charge in [-0.1, -0.05) is 19.1 Å². The molecule has 1 aromatic rings. The molecule has 0 aliphatic heterocycles. The van der Waals surface area contributed by atoms with Crippen LogP contribution in [0.3, 0.4) is 0 Å². The molecule has 4 nitrogen and oxygen atoms in total. The Morgan fingerprint density at radius 2 is 2.00 bits per heavy atom. The van der Waals surface area contributed by atoms with E-state index in [1.54, 1.807) is 0 Å². The molecule has 1 rings (SSSR count). The third kappa shape index (κ3) is 4.75. The summed E-state index contributed by atoms with van der Waals surface area (Å²) in [5.41, 5.74) is 1.19. The summed E-state index contributed by atoms with van der Waals surface area (Å²) in [6.45, 7) is 4.87. The Kier molecular flexibility index (Phi) is 6.22. The highest BCUT2D eigenvalue weighted by molar-refractivity contribution is 5.77. The first-order chi connectivity index (χ1) is 8.67. The molecule has 1 aromatic carbocycles. The van der Waals surface area contributed by atoms with Crippen molar-refractivity contribution in [2.24, 2.45) is 0 Å². The summed E-state index contributed by atoms with van der Waals surface area (Å²) in [5, 5.41) is 5.94. The van der Waals surface area contributed by atoms with E-state index < -0.39 is 0 Å². The highest BCUT2D eigenvalue weighted by Crippen LogP contribution is 2.16. The van der Waals surface area contributed by atoms with Gasteiger partial charge in [0.2, 0.25) is 0 Å². The molecular weight excluding hydrogens is 228 g/mol. The van der Waals surface area contributed by atoms with Crippen LogP contribution in [0.25, 0.3) is 0 Å². The molecule has 1 atom stereocenters. The van der Waals surface area contributed by atoms with Gasteiger partial charge in [0.25, 0.3) is 5.91 Å². The van der Waals surface area contributed by atoms with Crippen molar-refractivity contribution in [3.8, 4) is 5.75 Å². The van der Waals surface area contributed by atoms with Gasteiger partial charge in [0.05, 0.1) is 0 Å². The normalized spacial score (nSPS) is 11.9. The molecule has 0 fully saturated rings. The fraction of sp³-hybridized carbons (Fsp3) is 0.500. The van der Waals surface area contributed by atoms with Crippen LogP contribution in [0.1, 0.15) is 31.9 Å². The summed E-state index contributed by atoms with van der Waals surface area (Å²) >= 11 is 0. The number of nitrogens with one attached hydrogen (secondary N) is 2. The van der Waals surface area contributed by atoms with Gasteiger partial charge in [0.1, 0.15) is 5.75 Å².